The number of nitrogens with zero attached hydrogens (tertiary/aromatic N) is 1. The second-order valence-electron chi connectivity index (χ2n) is 14.5. The topological polar surface area (TPSA) is 72.9 Å². The van der Waals surface area contributed by atoms with Crippen molar-refractivity contribution in [1.82, 2.24) is 4.90 Å². The highest BCUT2D eigenvalue weighted by molar-refractivity contribution is 7.96. The maximum atomic E-state index is 15.0. The fraction of sp³-hybridized carbons (Fsp3) is 0.400. The molecule has 1 heterocycles. The number of β-lactam (4-membered cyclic amide) rings is 1. The molecule has 0 radical (unpaired) electrons. The van der Waals surface area contributed by atoms with Gasteiger partial charge in [-0.15, -0.1) is 0 Å². The van der Waals surface area contributed by atoms with E-state index in [1.807, 2.05) is 97.9 Å². The second-order valence-corrected chi connectivity index (χ2v) is 22.6. The average Bonchev–Trinajstić information content (AvgIpc) is 3.07. The van der Waals surface area contributed by atoms with E-state index in [4.69, 9.17) is 9.16 Å². The van der Waals surface area contributed by atoms with Crippen molar-refractivity contribution in [2.24, 2.45) is 11.8 Å². The molecule has 1 saturated carbocycles. The number of rotatable bonds is 11. The van der Waals surface area contributed by atoms with E-state index in [2.05, 4.69) is 40.4 Å². The third kappa shape index (κ3) is 6.57. The van der Waals surface area contributed by atoms with Crippen molar-refractivity contribution in [3.63, 3.8) is 0 Å². The van der Waals surface area contributed by atoms with Gasteiger partial charge in [0.15, 0.2) is 8.32 Å². The Hall–Kier alpha value is -3.51. The fourth-order valence-corrected chi connectivity index (χ4v) is 12.9. The van der Waals surface area contributed by atoms with E-state index in [9.17, 15) is 14.4 Å². The molecule has 6 nitrogen and oxygen atoms in total. The van der Waals surface area contributed by atoms with Crippen LogP contribution in [0.15, 0.2) is 104 Å². The number of hydrogen-bond acceptors (Lipinski definition) is 5. The molecule has 8 heteroatoms. The van der Waals surface area contributed by atoms with Gasteiger partial charge in [-0.05, 0) is 53.8 Å². The number of amides is 1. The Kier molecular flexibility index (Phi) is 10.8. The molecule has 0 unspecified atom stereocenters. The van der Waals surface area contributed by atoms with Crippen molar-refractivity contribution in [2.45, 2.75) is 83.7 Å². The minimum Gasteiger partial charge on any atom is -0.457 e. The summed E-state index contributed by atoms with van der Waals surface area (Å²) in [5, 5.41) is 2.69. The first-order valence-electron chi connectivity index (χ1n) is 17.1. The van der Waals surface area contributed by atoms with E-state index >= 15 is 0 Å². The van der Waals surface area contributed by atoms with E-state index in [-0.39, 0.29) is 23.3 Å². The molecule has 2 aliphatic rings. The van der Waals surface area contributed by atoms with Crippen LogP contribution in [0.1, 0.15) is 53.4 Å². The maximum absolute atomic E-state index is 15.0. The van der Waals surface area contributed by atoms with Crippen LogP contribution in [0.4, 0.5) is 0 Å². The predicted molar refractivity (Wildman–Crippen MR) is 200 cm³/mol. The van der Waals surface area contributed by atoms with Crippen molar-refractivity contribution in [2.75, 3.05) is 6.61 Å². The number of Topliss-reactive ketones (excluding diaryl/α,β-unsaturated/α-hetero) is 1. The minimum absolute atomic E-state index is 0.00985. The molecule has 0 N–H and O–H groups in total. The normalized spacial score (nSPS) is 20.9. The van der Waals surface area contributed by atoms with Crippen LogP contribution in [-0.2, 0) is 23.5 Å². The lowest BCUT2D eigenvalue weighted by Gasteiger charge is -2.55. The van der Waals surface area contributed by atoms with Crippen molar-refractivity contribution in [3.8, 4) is 0 Å². The largest absolute Gasteiger partial charge is 0.457 e. The van der Waals surface area contributed by atoms with Crippen molar-refractivity contribution in [1.29, 1.82) is 0 Å². The van der Waals surface area contributed by atoms with Gasteiger partial charge in [0.1, 0.15) is 17.8 Å². The Balaban J connectivity index is 1.86. The summed E-state index contributed by atoms with van der Waals surface area (Å²) >= 11 is 0. The number of carbonyl (C=O) groups excluding carboxylic acids is 3. The Morgan fingerprint density at radius 3 is 1.85 bits per heavy atom. The fourth-order valence-electron chi connectivity index (χ4n) is 7.14. The monoisotopic (exact) mass is 683 g/mol. The van der Waals surface area contributed by atoms with Crippen LogP contribution in [0, 0.1) is 11.8 Å². The molecule has 0 bridgehead atoms. The molecule has 1 amide bonds. The molecule has 1 aliphatic heterocycles. The van der Waals surface area contributed by atoms with Crippen LogP contribution < -0.4 is 15.9 Å². The quantitative estimate of drug-likeness (QED) is 0.0728. The van der Waals surface area contributed by atoms with Crippen molar-refractivity contribution in [3.05, 3.63) is 104 Å². The summed E-state index contributed by atoms with van der Waals surface area (Å²) in [6, 6.07) is 29.4. The van der Waals surface area contributed by atoms with Gasteiger partial charge in [-0.2, -0.15) is 0 Å². The van der Waals surface area contributed by atoms with Gasteiger partial charge in [0, 0.05) is 19.2 Å². The van der Waals surface area contributed by atoms with Gasteiger partial charge in [0.25, 0.3) is 0 Å². The molecule has 0 aromatic heterocycles. The highest BCUT2D eigenvalue weighted by Gasteiger charge is 2.60. The molecule has 1 aliphatic carbocycles. The molecule has 3 aromatic rings. The summed E-state index contributed by atoms with van der Waals surface area (Å²) in [6.07, 6.45) is 3.98. The summed E-state index contributed by atoms with van der Waals surface area (Å²) in [6.45, 7) is 13.6. The highest BCUT2D eigenvalue weighted by atomic mass is 31.2. The van der Waals surface area contributed by atoms with Crippen LogP contribution in [-0.4, -0.2) is 55.0 Å². The molecule has 4 atom stereocenters. The van der Waals surface area contributed by atoms with E-state index in [0.29, 0.717) is 18.3 Å². The zero-order valence-electron chi connectivity index (χ0n) is 29.2. The molecular weight excluding hydrogens is 634 g/mol. The first kappa shape index (κ1) is 35.8. The lowest BCUT2D eigenvalue weighted by atomic mass is 9.70. The minimum atomic E-state index is -3.08. The van der Waals surface area contributed by atoms with E-state index in [1.165, 1.54) is 0 Å². The van der Waals surface area contributed by atoms with E-state index in [1.54, 1.807) is 11.0 Å². The number of benzene rings is 3. The van der Waals surface area contributed by atoms with Crippen LogP contribution in [0.2, 0.25) is 18.1 Å². The van der Waals surface area contributed by atoms with Crippen molar-refractivity contribution < 1.29 is 23.5 Å². The molecule has 3 aromatic carbocycles. The second kappa shape index (κ2) is 14.5. The average molecular weight is 684 g/mol. The summed E-state index contributed by atoms with van der Waals surface area (Å²) in [5.74, 6) is -1.59. The Bertz CT molecular complexity index is 1580. The zero-order chi connectivity index (χ0) is 34.7. The lowest BCUT2D eigenvalue weighted by molar-refractivity contribution is -0.162. The molecule has 2 fully saturated rings. The summed E-state index contributed by atoms with van der Waals surface area (Å²) < 4.78 is 12.8. The van der Waals surface area contributed by atoms with E-state index < -0.39 is 45.2 Å². The SMILES string of the molecule is C=CCOC(=O)C(N1C(=O)[C@H]([C@@H](C)O[Si](C)(C)C(C)(C)C)[C@H]1[C@H]1CCCCC1=O)=P(c1ccccc1)(c1ccccc1)c1ccccc1. The standard InChI is InChI=1S/C40H50NO5PSi/c1-8-28-45-39(44)38(47(30-20-12-9-13-21-30,31-22-14-10-15-23-31)32-24-16-11-17-25-32)41-36(33-26-18-19-27-34(33)42)35(37(41)43)29(2)46-48(6,7)40(3,4)5/h8-17,20-25,29,33,35-36H,1,18-19,26-28H2,2-7H3/t29-,33+,35-,36-/m1/s1. The van der Waals surface area contributed by atoms with Gasteiger partial charge in [0.05, 0.1) is 18.1 Å². The smallest absolute Gasteiger partial charge is 0.356 e. The van der Waals surface area contributed by atoms with Crippen LogP contribution in [0.3, 0.4) is 0 Å². The molecule has 48 heavy (non-hydrogen) atoms. The van der Waals surface area contributed by atoms with Gasteiger partial charge in [0.2, 0.25) is 5.91 Å². The first-order valence-corrected chi connectivity index (χ1v) is 21.8. The molecule has 0 spiro atoms. The third-order valence-electron chi connectivity index (χ3n) is 10.5. The molecule has 5 rings (SSSR count). The molecule has 254 valence electrons. The number of likely N-dealkylation sites (tertiary alicyclic amines) is 1. The van der Waals surface area contributed by atoms with Gasteiger partial charge in [-0.3, -0.25) is 9.59 Å². The summed E-state index contributed by atoms with van der Waals surface area (Å²) in [4.78, 5) is 45.3. The van der Waals surface area contributed by atoms with Gasteiger partial charge in [-0.1, -0.05) is 131 Å². The lowest BCUT2D eigenvalue weighted by Crippen LogP contribution is -2.72. The molecular formula is C40H50NO5PSi. The number of ether oxygens (including phenoxy) is 1. The Labute approximate surface area is 287 Å². The van der Waals surface area contributed by atoms with Crippen LogP contribution >= 0.6 is 6.89 Å². The Morgan fingerprint density at radius 1 is 0.917 bits per heavy atom. The van der Waals surface area contributed by atoms with Crippen molar-refractivity contribution >= 4 is 54.2 Å². The number of hydrogen-bond donors (Lipinski definition) is 0. The third-order valence-corrected chi connectivity index (χ3v) is 19.3. The Morgan fingerprint density at radius 2 is 1.42 bits per heavy atom. The zero-order valence-corrected chi connectivity index (χ0v) is 31.1. The first-order chi connectivity index (χ1) is 22.9. The van der Waals surface area contributed by atoms with Crippen LogP contribution in [0.25, 0.3) is 0 Å². The maximum Gasteiger partial charge on any atom is 0.356 e. The molecule has 1 saturated heterocycles. The van der Waals surface area contributed by atoms with Gasteiger partial charge >= 0.3 is 5.97 Å². The number of ketones is 1. The number of esters is 1. The van der Waals surface area contributed by atoms with Crippen LogP contribution in [0.5, 0.6) is 0 Å². The number of carbonyl (C=O) groups is 3. The van der Waals surface area contributed by atoms with E-state index in [0.717, 1.165) is 28.8 Å². The van der Waals surface area contributed by atoms with Gasteiger partial charge < -0.3 is 14.1 Å². The highest BCUT2D eigenvalue weighted by Crippen LogP contribution is 2.52. The van der Waals surface area contributed by atoms with Gasteiger partial charge in [-0.25, -0.2) is 4.79 Å². The summed E-state index contributed by atoms with van der Waals surface area (Å²) in [7, 11) is -2.28. The summed E-state index contributed by atoms with van der Waals surface area (Å²) in [5.41, 5.74) is 0.303. The predicted octanol–water partition coefficient (Wildman–Crippen LogP) is 6.84.